The number of rotatable bonds is 5. The van der Waals surface area contributed by atoms with E-state index in [-0.39, 0.29) is 5.91 Å². The zero-order chi connectivity index (χ0) is 16.2. The van der Waals surface area contributed by atoms with Crippen molar-refractivity contribution in [3.8, 4) is 10.6 Å². The van der Waals surface area contributed by atoms with E-state index in [0.29, 0.717) is 6.42 Å². The van der Waals surface area contributed by atoms with Gasteiger partial charge < -0.3 is 5.32 Å². The Morgan fingerprint density at radius 1 is 1.17 bits per heavy atom. The minimum absolute atomic E-state index is 0.0788. The first-order valence-electron chi connectivity index (χ1n) is 7.93. The van der Waals surface area contributed by atoms with Gasteiger partial charge in [-0.3, -0.25) is 4.79 Å². The summed E-state index contributed by atoms with van der Waals surface area (Å²) >= 11 is 1.70. The van der Waals surface area contributed by atoms with Gasteiger partial charge in [-0.2, -0.15) is 0 Å². The summed E-state index contributed by atoms with van der Waals surface area (Å²) in [5.74, 6) is 0.0788. The quantitative estimate of drug-likeness (QED) is 0.682. The number of aromatic nitrogens is 1. The number of thiazole rings is 1. The molecule has 0 radical (unpaired) electrons. The molecule has 0 fully saturated rings. The average molecular weight is 324 g/mol. The first kappa shape index (κ1) is 15.7. The molecule has 0 aliphatic heterocycles. The van der Waals surface area contributed by atoms with E-state index in [1.165, 1.54) is 10.3 Å². The predicted molar refractivity (Wildman–Crippen MR) is 97.9 cm³/mol. The smallest absolute Gasteiger partial charge is 0.224 e. The number of anilines is 1. The molecular formula is C19H20N2OS. The summed E-state index contributed by atoms with van der Waals surface area (Å²) < 4.78 is 1.21. The van der Waals surface area contributed by atoms with Gasteiger partial charge in [0.05, 0.1) is 10.2 Å². The van der Waals surface area contributed by atoms with Crippen LogP contribution in [0.15, 0.2) is 42.5 Å². The molecule has 3 aromatic rings. The first-order chi connectivity index (χ1) is 11.2. The summed E-state index contributed by atoms with van der Waals surface area (Å²) in [4.78, 5) is 16.4. The third-order valence-corrected chi connectivity index (χ3v) is 4.78. The molecule has 3 rings (SSSR count). The number of aryl methyl sites for hydroxylation is 1. The molecule has 0 spiro atoms. The van der Waals surface area contributed by atoms with Crippen molar-refractivity contribution >= 4 is 33.1 Å². The van der Waals surface area contributed by atoms with Crippen molar-refractivity contribution in [1.82, 2.24) is 4.98 Å². The molecule has 0 atom stereocenters. The van der Waals surface area contributed by atoms with Crippen LogP contribution in [0.3, 0.4) is 0 Å². The minimum atomic E-state index is 0.0788. The lowest BCUT2D eigenvalue weighted by Gasteiger charge is -2.05. The molecule has 1 aromatic heterocycles. The summed E-state index contributed by atoms with van der Waals surface area (Å²) in [6, 6.07) is 14.2. The number of fused-ring (bicyclic) bond motifs is 1. The largest absolute Gasteiger partial charge is 0.326 e. The summed E-state index contributed by atoms with van der Waals surface area (Å²) in [5.41, 5.74) is 4.20. The van der Waals surface area contributed by atoms with Gasteiger partial charge >= 0.3 is 0 Å². The molecule has 0 saturated heterocycles. The second-order valence-corrected chi connectivity index (χ2v) is 6.75. The van der Waals surface area contributed by atoms with Crippen LogP contribution in [0.2, 0.25) is 0 Å². The van der Waals surface area contributed by atoms with E-state index < -0.39 is 0 Å². The summed E-state index contributed by atoms with van der Waals surface area (Å²) in [6.07, 6.45) is 2.54. The average Bonchev–Trinajstić information content (AvgIpc) is 2.96. The maximum atomic E-state index is 11.8. The molecular weight excluding hydrogens is 304 g/mol. The van der Waals surface area contributed by atoms with Crippen molar-refractivity contribution in [1.29, 1.82) is 0 Å². The molecule has 1 N–H and O–H groups in total. The zero-order valence-electron chi connectivity index (χ0n) is 13.4. The third kappa shape index (κ3) is 3.77. The Hall–Kier alpha value is -2.20. The number of amides is 1. The fourth-order valence-electron chi connectivity index (χ4n) is 2.41. The van der Waals surface area contributed by atoms with Crippen LogP contribution in [-0.2, 0) is 4.79 Å². The Morgan fingerprint density at radius 2 is 1.96 bits per heavy atom. The lowest BCUT2D eigenvalue weighted by Crippen LogP contribution is -2.10. The zero-order valence-corrected chi connectivity index (χ0v) is 14.2. The first-order valence-corrected chi connectivity index (χ1v) is 8.75. The van der Waals surface area contributed by atoms with Crippen LogP contribution in [0, 0.1) is 6.92 Å². The van der Waals surface area contributed by atoms with Crippen molar-refractivity contribution in [2.24, 2.45) is 0 Å². The van der Waals surface area contributed by atoms with Crippen molar-refractivity contribution in [2.45, 2.75) is 33.1 Å². The van der Waals surface area contributed by atoms with E-state index in [1.54, 1.807) is 11.3 Å². The van der Waals surface area contributed by atoms with Crippen molar-refractivity contribution in [3.05, 3.63) is 48.0 Å². The molecule has 4 heteroatoms. The number of carbonyl (C=O) groups is 1. The van der Waals surface area contributed by atoms with Gasteiger partial charge in [-0.05, 0) is 55.3 Å². The van der Waals surface area contributed by atoms with Crippen LogP contribution < -0.4 is 5.32 Å². The maximum Gasteiger partial charge on any atom is 0.224 e. The monoisotopic (exact) mass is 324 g/mol. The Balaban J connectivity index is 1.76. The van der Waals surface area contributed by atoms with Crippen LogP contribution in [0.4, 0.5) is 5.69 Å². The number of hydrogen-bond acceptors (Lipinski definition) is 3. The lowest BCUT2D eigenvalue weighted by molar-refractivity contribution is -0.116. The maximum absolute atomic E-state index is 11.8. The van der Waals surface area contributed by atoms with Crippen LogP contribution in [0.1, 0.15) is 31.7 Å². The van der Waals surface area contributed by atoms with Crippen LogP contribution in [0.25, 0.3) is 20.8 Å². The molecule has 3 nitrogen and oxygen atoms in total. The number of nitrogens with one attached hydrogen (secondary N) is 1. The van der Waals surface area contributed by atoms with Gasteiger partial charge in [-0.15, -0.1) is 11.3 Å². The van der Waals surface area contributed by atoms with Crippen molar-refractivity contribution in [2.75, 3.05) is 5.32 Å². The van der Waals surface area contributed by atoms with E-state index >= 15 is 0 Å². The van der Waals surface area contributed by atoms with E-state index in [4.69, 9.17) is 0 Å². The van der Waals surface area contributed by atoms with Crippen LogP contribution >= 0.6 is 11.3 Å². The Kier molecular flexibility index (Phi) is 4.72. The van der Waals surface area contributed by atoms with E-state index in [1.807, 2.05) is 24.3 Å². The van der Waals surface area contributed by atoms with Crippen LogP contribution in [-0.4, -0.2) is 10.9 Å². The molecule has 23 heavy (non-hydrogen) atoms. The highest BCUT2D eigenvalue weighted by Gasteiger charge is 2.07. The summed E-state index contributed by atoms with van der Waals surface area (Å²) in [5, 5.41) is 3.94. The highest BCUT2D eigenvalue weighted by molar-refractivity contribution is 7.21. The Bertz CT molecular complexity index is 821. The van der Waals surface area contributed by atoms with Gasteiger partial charge in [0.15, 0.2) is 0 Å². The normalized spacial score (nSPS) is 10.9. The van der Waals surface area contributed by atoms with Gasteiger partial charge in [0.2, 0.25) is 5.91 Å². The highest BCUT2D eigenvalue weighted by Crippen LogP contribution is 2.31. The molecule has 0 aliphatic carbocycles. The molecule has 0 saturated carbocycles. The van der Waals surface area contributed by atoms with Gasteiger partial charge in [-0.1, -0.05) is 19.4 Å². The van der Waals surface area contributed by atoms with Crippen molar-refractivity contribution in [3.63, 3.8) is 0 Å². The Morgan fingerprint density at radius 3 is 2.70 bits per heavy atom. The van der Waals surface area contributed by atoms with Crippen LogP contribution in [0.5, 0.6) is 0 Å². The molecule has 0 bridgehead atoms. The number of nitrogens with zero attached hydrogens (tertiary/aromatic N) is 1. The highest BCUT2D eigenvalue weighted by atomic mass is 32.1. The SMILES string of the molecule is CCCCC(=O)Nc1ccc(-c2nc3ccc(C)cc3s2)cc1. The number of hydrogen-bond donors (Lipinski definition) is 1. The van der Waals surface area contributed by atoms with Gasteiger partial charge in [0, 0.05) is 17.7 Å². The number of unbranched alkanes of at least 4 members (excludes halogenated alkanes) is 1. The van der Waals surface area contributed by atoms with E-state index in [9.17, 15) is 4.79 Å². The standard InChI is InChI=1S/C19H20N2OS/c1-3-4-5-18(22)20-15-9-7-14(8-10-15)19-21-16-11-6-13(2)12-17(16)23-19/h6-12H,3-5H2,1-2H3,(H,20,22). The van der Waals surface area contributed by atoms with E-state index in [2.05, 4.69) is 42.3 Å². The Labute approximate surface area is 140 Å². The molecule has 1 amide bonds. The fraction of sp³-hybridized carbons (Fsp3) is 0.263. The van der Waals surface area contributed by atoms with Crippen molar-refractivity contribution < 1.29 is 4.79 Å². The number of benzene rings is 2. The number of carbonyl (C=O) groups excluding carboxylic acids is 1. The molecule has 0 aliphatic rings. The molecule has 0 unspecified atom stereocenters. The third-order valence-electron chi connectivity index (χ3n) is 3.72. The summed E-state index contributed by atoms with van der Waals surface area (Å²) in [6.45, 7) is 4.18. The molecule has 1 heterocycles. The second-order valence-electron chi connectivity index (χ2n) is 5.72. The topological polar surface area (TPSA) is 42.0 Å². The fourth-order valence-corrected chi connectivity index (χ4v) is 3.48. The lowest BCUT2D eigenvalue weighted by atomic mass is 10.2. The van der Waals surface area contributed by atoms with Gasteiger partial charge in [0.25, 0.3) is 0 Å². The summed E-state index contributed by atoms with van der Waals surface area (Å²) in [7, 11) is 0. The predicted octanol–water partition coefficient (Wildman–Crippen LogP) is 5.40. The van der Waals surface area contributed by atoms with Gasteiger partial charge in [-0.25, -0.2) is 4.98 Å². The van der Waals surface area contributed by atoms with Gasteiger partial charge in [0.1, 0.15) is 5.01 Å². The second kappa shape index (κ2) is 6.92. The molecule has 118 valence electrons. The molecule has 2 aromatic carbocycles. The van der Waals surface area contributed by atoms with E-state index in [0.717, 1.165) is 34.6 Å². The minimum Gasteiger partial charge on any atom is -0.326 e.